The molecule has 3 N–H and O–H groups in total. The average molecular weight is 338 g/mol. The van der Waals surface area contributed by atoms with E-state index < -0.39 is 5.91 Å². The van der Waals surface area contributed by atoms with Crippen molar-refractivity contribution < 1.29 is 14.8 Å². The van der Waals surface area contributed by atoms with Gasteiger partial charge in [0.05, 0.1) is 4.88 Å². The molecular weight excluding hydrogens is 324 g/mol. The highest BCUT2D eigenvalue weighted by Gasteiger charge is 2.10. The number of carbonyl (C=O) groups is 2. The normalized spacial score (nSPS) is 10.2. The number of amides is 2. The lowest BCUT2D eigenvalue weighted by molar-refractivity contribution is 0.0711. The van der Waals surface area contributed by atoms with E-state index in [0.29, 0.717) is 10.4 Å². The monoisotopic (exact) mass is 338 g/mol. The second-order valence-corrected chi connectivity index (χ2v) is 6.09. The van der Waals surface area contributed by atoms with E-state index >= 15 is 0 Å². The second kappa shape index (κ2) is 7.08. The molecule has 0 saturated heterocycles. The van der Waals surface area contributed by atoms with Crippen molar-refractivity contribution in [3.05, 3.63) is 77.2 Å². The maximum Gasteiger partial charge on any atom is 0.284 e. The third-order valence-electron chi connectivity index (χ3n) is 3.39. The highest BCUT2D eigenvalue weighted by atomic mass is 32.1. The summed E-state index contributed by atoms with van der Waals surface area (Å²) in [7, 11) is 0. The van der Waals surface area contributed by atoms with Crippen LogP contribution < -0.4 is 10.8 Å². The molecule has 3 aromatic rings. The molecule has 0 bridgehead atoms. The molecular formula is C18H14N2O3S. The molecule has 0 aliphatic rings. The molecule has 0 aliphatic heterocycles. The van der Waals surface area contributed by atoms with Gasteiger partial charge in [-0.2, -0.15) is 0 Å². The summed E-state index contributed by atoms with van der Waals surface area (Å²) in [6.45, 7) is 0. The molecule has 5 nitrogen and oxygen atoms in total. The Morgan fingerprint density at radius 3 is 2.21 bits per heavy atom. The third kappa shape index (κ3) is 3.51. The van der Waals surface area contributed by atoms with Gasteiger partial charge in [-0.25, -0.2) is 5.48 Å². The standard InChI is InChI=1S/C18H14N2O3S/c21-17(19-14-4-2-1-3-5-14)13-8-6-12(7-9-13)15-10-11-16(24-15)18(22)20-23/h1-11,23H,(H,19,21)(H,20,22). The van der Waals surface area contributed by atoms with Crippen LogP contribution >= 0.6 is 11.3 Å². The first-order valence-corrected chi connectivity index (χ1v) is 8.00. The van der Waals surface area contributed by atoms with E-state index in [4.69, 9.17) is 5.21 Å². The smallest absolute Gasteiger partial charge is 0.284 e. The number of thiophene rings is 1. The predicted octanol–water partition coefficient (Wildman–Crippen LogP) is 3.79. The predicted molar refractivity (Wildman–Crippen MR) is 93.4 cm³/mol. The number of benzene rings is 2. The lowest BCUT2D eigenvalue weighted by atomic mass is 10.1. The molecule has 2 aromatic carbocycles. The van der Waals surface area contributed by atoms with Crippen molar-refractivity contribution in [3.8, 4) is 10.4 Å². The largest absolute Gasteiger partial charge is 0.322 e. The highest BCUT2D eigenvalue weighted by Crippen LogP contribution is 2.28. The Morgan fingerprint density at radius 2 is 1.54 bits per heavy atom. The SMILES string of the molecule is O=C(Nc1ccccc1)c1ccc(-c2ccc(C(=O)NO)s2)cc1. The van der Waals surface area contributed by atoms with Gasteiger partial charge in [0, 0.05) is 16.1 Å². The van der Waals surface area contributed by atoms with Crippen molar-refractivity contribution in [1.29, 1.82) is 0 Å². The molecule has 0 atom stereocenters. The summed E-state index contributed by atoms with van der Waals surface area (Å²) in [4.78, 5) is 24.9. The highest BCUT2D eigenvalue weighted by molar-refractivity contribution is 7.17. The summed E-state index contributed by atoms with van der Waals surface area (Å²) in [5.74, 6) is -0.718. The van der Waals surface area contributed by atoms with E-state index in [1.54, 1.807) is 29.7 Å². The van der Waals surface area contributed by atoms with Gasteiger partial charge in [0.15, 0.2) is 0 Å². The molecule has 0 spiro atoms. The zero-order valence-electron chi connectivity index (χ0n) is 12.5. The summed E-state index contributed by atoms with van der Waals surface area (Å²) in [5.41, 5.74) is 3.80. The van der Waals surface area contributed by atoms with Gasteiger partial charge < -0.3 is 5.32 Å². The number of anilines is 1. The van der Waals surface area contributed by atoms with Gasteiger partial charge in [-0.05, 0) is 42.0 Å². The van der Waals surface area contributed by atoms with Gasteiger partial charge in [0.1, 0.15) is 0 Å². The Balaban J connectivity index is 1.74. The van der Waals surface area contributed by atoms with Crippen LogP contribution in [0.1, 0.15) is 20.0 Å². The number of rotatable bonds is 4. The fraction of sp³-hybridized carbons (Fsp3) is 0. The summed E-state index contributed by atoms with van der Waals surface area (Å²) < 4.78 is 0. The summed E-state index contributed by atoms with van der Waals surface area (Å²) in [5, 5.41) is 11.5. The Hall–Kier alpha value is -2.96. The number of nitrogens with one attached hydrogen (secondary N) is 2. The van der Waals surface area contributed by atoms with Crippen molar-refractivity contribution in [2.24, 2.45) is 0 Å². The van der Waals surface area contributed by atoms with E-state index in [2.05, 4.69) is 5.32 Å². The van der Waals surface area contributed by atoms with Crippen LogP contribution in [0.2, 0.25) is 0 Å². The number of hydrogen-bond donors (Lipinski definition) is 3. The lowest BCUT2D eigenvalue weighted by Crippen LogP contribution is -2.16. The van der Waals surface area contributed by atoms with Crippen LogP contribution in [0.15, 0.2) is 66.7 Å². The molecule has 6 heteroatoms. The van der Waals surface area contributed by atoms with E-state index in [1.165, 1.54) is 11.3 Å². The maximum atomic E-state index is 12.2. The lowest BCUT2D eigenvalue weighted by Gasteiger charge is -2.05. The molecule has 120 valence electrons. The molecule has 1 heterocycles. The Labute approximate surface area is 142 Å². The van der Waals surface area contributed by atoms with Crippen LogP contribution in [0, 0.1) is 0 Å². The molecule has 0 fully saturated rings. The first-order valence-electron chi connectivity index (χ1n) is 7.18. The number of para-hydroxylation sites is 1. The topological polar surface area (TPSA) is 78.4 Å². The molecule has 24 heavy (non-hydrogen) atoms. The van der Waals surface area contributed by atoms with Crippen LogP contribution in [-0.4, -0.2) is 17.0 Å². The summed E-state index contributed by atoms with van der Waals surface area (Å²) in [6, 6.07) is 19.8. The molecule has 0 aliphatic carbocycles. The fourth-order valence-electron chi connectivity index (χ4n) is 2.18. The molecule has 1 aromatic heterocycles. The van der Waals surface area contributed by atoms with E-state index in [-0.39, 0.29) is 5.91 Å². The zero-order valence-corrected chi connectivity index (χ0v) is 13.3. The number of hydroxylamine groups is 1. The van der Waals surface area contributed by atoms with Crippen molar-refractivity contribution >= 4 is 28.8 Å². The quantitative estimate of drug-likeness (QED) is 0.500. The van der Waals surface area contributed by atoms with Crippen molar-refractivity contribution in [2.75, 3.05) is 5.32 Å². The maximum absolute atomic E-state index is 12.2. The molecule has 0 radical (unpaired) electrons. The first kappa shape index (κ1) is 15.9. The van der Waals surface area contributed by atoms with Crippen molar-refractivity contribution in [3.63, 3.8) is 0 Å². The van der Waals surface area contributed by atoms with Gasteiger partial charge in [-0.3, -0.25) is 14.8 Å². The van der Waals surface area contributed by atoms with Crippen molar-refractivity contribution in [2.45, 2.75) is 0 Å². The minimum Gasteiger partial charge on any atom is -0.322 e. The molecule has 0 unspecified atom stereocenters. The molecule has 0 saturated carbocycles. The number of hydrogen-bond acceptors (Lipinski definition) is 4. The molecule has 3 rings (SSSR count). The summed E-state index contributed by atoms with van der Waals surface area (Å²) >= 11 is 1.26. The van der Waals surface area contributed by atoms with Gasteiger partial charge in [0.25, 0.3) is 11.8 Å². The average Bonchev–Trinajstić information content (AvgIpc) is 3.12. The van der Waals surface area contributed by atoms with Crippen LogP contribution in [0.5, 0.6) is 0 Å². The van der Waals surface area contributed by atoms with Gasteiger partial charge in [-0.15, -0.1) is 11.3 Å². The summed E-state index contributed by atoms with van der Waals surface area (Å²) in [6.07, 6.45) is 0. The van der Waals surface area contributed by atoms with Gasteiger partial charge in [-0.1, -0.05) is 30.3 Å². The van der Waals surface area contributed by atoms with Crippen LogP contribution in [0.4, 0.5) is 5.69 Å². The first-order chi connectivity index (χ1) is 11.7. The second-order valence-electron chi connectivity index (χ2n) is 5.00. The van der Waals surface area contributed by atoms with Gasteiger partial charge in [0.2, 0.25) is 0 Å². The Bertz CT molecular complexity index is 857. The van der Waals surface area contributed by atoms with Gasteiger partial charge >= 0.3 is 0 Å². The minimum absolute atomic E-state index is 0.181. The third-order valence-corrected chi connectivity index (χ3v) is 4.53. The van der Waals surface area contributed by atoms with Crippen LogP contribution in [0.25, 0.3) is 10.4 Å². The minimum atomic E-state index is -0.537. The number of carbonyl (C=O) groups excluding carboxylic acids is 2. The Kier molecular flexibility index (Phi) is 4.69. The van der Waals surface area contributed by atoms with Crippen LogP contribution in [0.3, 0.4) is 0 Å². The van der Waals surface area contributed by atoms with E-state index in [0.717, 1.165) is 16.1 Å². The van der Waals surface area contributed by atoms with Crippen LogP contribution in [-0.2, 0) is 0 Å². The van der Waals surface area contributed by atoms with Crippen molar-refractivity contribution in [1.82, 2.24) is 5.48 Å². The zero-order chi connectivity index (χ0) is 16.9. The van der Waals surface area contributed by atoms with E-state index in [9.17, 15) is 9.59 Å². The fourth-order valence-corrected chi connectivity index (χ4v) is 3.08. The molecule has 2 amide bonds. The Morgan fingerprint density at radius 1 is 0.833 bits per heavy atom. The van der Waals surface area contributed by atoms with E-state index in [1.807, 2.05) is 42.5 Å².